The Kier molecular flexibility index (Phi) is 5.06. The van der Waals surface area contributed by atoms with Gasteiger partial charge in [0.15, 0.2) is 11.5 Å². The van der Waals surface area contributed by atoms with Crippen molar-refractivity contribution in [3.63, 3.8) is 0 Å². The molecule has 96 valence electrons. The largest absolute Gasteiger partial charge is 0.493 e. The third kappa shape index (κ3) is 3.50. The summed E-state index contributed by atoms with van der Waals surface area (Å²) in [5.74, 6) is 0.925. The van der Waals surface area contributed by atoms with E-state index in [1.165, 1.54) is 20.3 Å². The Bertz CT molecular complexity index is 380. The highest BCUT2D eigenvalue weighted by atomic mass is 35.5. The monoisotopic (exact) mass is 260 g/mol. The molecule has 0 aliphatic carbocycles. The van der Waals surface area contributed by atoms with Crippen molar-refractivity contribution in [3.05, 3.63) is 23.5 Å². The van der Waals surface area contributed by atoms with Gasteiger partial charge in [-0.2, -0.15) is 0 Å². The zero-order valence-corrected chi connectivity index (χ0v) is 11.3. The Morgan fingerprint density at radius 3 is 2.18 bits per heavy atom. The number of alkyl halides is 1. The van der Waals surface area contributed by atoms with Crippen LogP contribution in [0.25, 0.3) is 0 Å². The maximum absolute atomic E-state index is 13.8. The van der Waals surface area contributed by atoms with Gasteiger partial charge < -0.3 is 9.47 Å². The SMILES string of the molecule is COc1cc(F)c(C(Cl)CC(C)C)cc1OC. The predicted molar refractivity (Wildman–Crippen MR) is 67.6 cm³/mol. The average molecular weight is 261 g/mol. The summed E-state index contributed by atoms with van der Waals surface area (Å²) in [4.78, 5) is 0. The van der Waals surface area contributed by atoms with Gasteiger partial charge in [0.1, 0.15) is 5.82 Å². The van der Waals surface area contributed by atoms with Crippen LogP contribution >= 0.6 is 11.6 Å². The Hall–Kier alpha value is -0.960. The fourth-order valence-corrected chi connectivity index (χ4v) is 2.17. The molecule has 0 bridgehead atoms. The van der Waals surface area contributed by atoms with Crippen molar-refractivity contribution in [3.8, 4) is 11.5 Å². The molecule has 2 nitrogen and oxygen atoms in total. The Labute approximate surface area is 107 Å². The van der Waals surface area contributed by atoms with Gasteiger partial charge in [-0.25, -0.2) is 4.39 Å². The first-order valence-corrected chi connectivity index (χ1v) is 5.98. The standard InChI is InChI=1S/C13H18ClFO2/c1-8(2)5-10(14)9-6-12(16-3)13(17-4)7-11(9)15/h6-8,10H,5H2,1-4H3. The van der Waals surface area contributed by atoms with Crippen LogP contribution in [0.4, 0.5) is 4.39 Å². The molecule has 0 N–H and O–H groups in total. The molecule has 1 aromatic carbocycles. The molecule has 0 aliphatic heterocycles. The zero-order chi connectivity index (χ0) is 13.0. The predicted octanol–water partition coefficient (Wildman–Crippen LogP) is 4.17. The maximum Gasteiger partial charge on any atom is 0.163 e. The van der Waals surface area contributed by atoms with Gasteiger partial charge in [0.25, 0.3) is 0 Å². The fraction of sp³-hybridized carbons (Fsp3) is 0.538. The molecule has 1 aromatic rings. The van der Waals surface area contributed by atoms with Gasteiger partial charge in [-0.3, -0.25) is 0 Å². The Morgan fingerprint density at radius 1 is 1.18 bits per heavy atom. The van der Waals surface area contributed by atoms with Crippen LogP contribution in [-0.2, 0) is 0 Å². The van der Waals surface area contributed by atoms with Crippen LogP contribution in [0.15, 0.2) is 12.1 Å². The molecule has 4 heteroatoms. The molecule has 0 amide bonds. The molecule has 0 saturated carbocycles. The first-order valence-electron chi connectivity index (χ1n) is 5.55. The number of rotatable bonds is 5. The smallest absolute Gasteiger partial charge is 0.163 e. The average Bonchev–Trinajstić information content (AvgIpc) is 2.27. The lowest BCUT2D eigenvalue weighted by Gasteiger charge is -2.16. The topological polar surface area (TPSA) is 18.5 Å². The van der Waals surface area contributed by atoms with E-state index in [0.717, 1.165) is 0 Å². The van der Waals surface area contributed by atoms with Gasteiger partial charge in [0, 0.05) is 11.6 Å². The summed E-state index contributed by atoms with van der Waals surface area (Å²) < 4.78 is 24.0. The Balaban J connectivity index is 3.07. The normalized spacial score (nSPS) is 12.6. The van der Waals surface area contributed by atoms with Crippen LogP contribution in [0, 0.1) is 11.7 Å². The summed E-state index contributed by atoms with van der Waals surface area (Å²) >= 11 is 6.19. The van der Waals surface area contributed by atoms with Crippen LogP contribution < -0.4 is 9.47 Å². The van der Waals surface area contributed by atoms with Gasteiger partial charge in [-0.1, -0.05) is 13.8 Å². The first-order chi connectivity index (χ1) is 7.99. The van der Waals surface area contributed by atoms with E-state index in [1.54, 1.807) is 6.07 Å². The van der Waals surface area contributed by atoms with Gasteiger partial charge in [-0.05, 0) is 18.4 Å². The molecule has 0 radical (unpaired) electrons. The van der Waals surface area contributed by atoms with E-state index in [9.17, 15) is 4.39 Å². The number of hydrogen-bond donors (Lipinski definition) is 0. The van der Waals surface area contributed by atoms with Crippen molar-refractivity contribution in [2.75, 3.05) is 14.2 Å². The number of benzene rings is 1. The lowest BCUT2D eigenvalue weighted by atomic mass is 10.0. The van der Waals surface area contributed by atoms with Crippen molar-refractivity contribution in [1.29, 1.82) is 0 Å². The number of methoxy groups -OCH3 is 2. The van der Waals surface area contributed by atoms with Gasteiger partial charge in [0.2, 0.25) is 0 Å². The van der Waals surface area contributed by atoms with Crippen molar-refractivity contribution < 1.29 is 13.9 Å². The van der Waals surface area contributed by atoms with Crippen molar-refractivity contribution in [2.45, 2.75) is 25.6 Å². The highest BCUT2D eigenvalue weighted by Crippen LogP contribution is 2.36. The van der Waals surface area contributed by atoms with E-state index in [-0.39, 0.29) is 11.2 Å². The van der Waals surface area contributed by atoms with Gasteiger partial charge in [-0.15, -0.1) is 11.6 Å². The van der Waals surface area contributed by atoms with Crippen molar-refractivity contribution >= 4 is 11.6 Å². The third-order valence-corrected chi connectivity index (χ3v) is 2.93. The van der Waals surface area contributed by atoms with E-state index in [2.05, 4.69) is 0 Å². The van der Waals surface area contributed by atoms with Crippen molar-refractivity contribution in [1.82, 2.24) is 0 Å². The molecule has 0 spiro atoms. The van der Waals surface area contributed by atoms with E-state index >= 15 is 0 Å². The number of ether oxygens (including phenoxy) is 2. The molecule has 0 fully saturated rings. The molecule has 1 unspecified atom stereocenters. The van der Waals surface area contributed by atoms with Crippen LogP contribution in [0.3, 0.4) is 0 Å². The van der Waals surface area contributed by atoms with E-state index in [4.69, 9.17) is 21.1 Å². The van der Waals surface area contributed by atoms with Crippen LogP contribution in [0.5, 0.6) is 11.5 Å². The minimum absolute atomic E-state index is 0.352. The molecule has 0 heterocycles. The molecular weight excluding hydrogens is 243 g/mol. The molecule has 0 aromatic heterocycles. The summed E-state index contributed by atoms with van der Waals surface area (Å²) in [6.07, 6.45) is 0.716. The number of hydrogen-bond acceptors (Lipinski definition) is 2. The van der Waals surface area contributed by atoms with Crippen molar-refractivity contribution in [2.24, 2.45) is 5.92 Å². The van der Waals surface area contributed by atoms with Crippen LogP contribution in [-0.4, -0.2) is 14.2 Å². The quantitative estimate of drug-likeness (QED) is 0.740. The minimum atomic E-state index is -0.358. The molecular formula is C13H18ClFO2. The fourth-order valence-electron chi connectivity index (χ4n) is 1.65. The lowest BCUT2D eigenvalue weighted by Crippen LogP contribution is -2.01. The summed E-state index contributed by atoms with van der Waals surface area (Å²) in [6.45, 7) is 4.10. The molecule has 1 atom stereocenters. The second-order valence-corrected chi connectivity index (χ2v) is 4.85. The highest BCUT2D eigenvalue weighted by molar-refractivity contribution is 6.20. The van der Waals surface area contributed by atoms with Gasteiger partial charge in [0.05, 0.1) is 19.6 Å². The molecule has 0 aliphatic rings. The molecule has 1 rings (SSSR count). The van der Waals surface area contributed by atoms with Gasteiger partial charge >= 0.3 is 0 Å². The number of halogens is 2. The second kappa shape index (κ2) is 6.10. The van der Waals surface area contributed by atoms with E-state index in [1.807, 2.05) is 13.8 Å². The third-order valence-electron chi connectivity index (χ3n) is 2.52. The van der Waals surface area contributed by atoms with E-state index < -0.39 is 0 Å². The lowest BCUT2D eigenvalue weighted by molar-refractivity contribution is 0.351. The second-order valence-electron chi connectivity index (χ2n) is 4.33. The first kappa shape index (κ1) is 14.1. The van der Waals surface area contributed by atoms with E-state index in [0.29, 0.717) is 29.4 Å². The molecule has 17 heavy (non-hydrogen) atoms. The summed E-state index contributed by atoms with van der Waals surface area (Å²) in [7, 11) is 2.99. The maximum atomic E-state index is 13.8. The summed E-state index contributed by atoms with van der Waals surface area (Å²) in [6, 6.07) is 2.91. The zero-order valence-electron chi connectivity index (χ0n) is 10.6. The molecule has 0 saturated heterocycles. The van der Waals surface area contributed by atoms with Crippen LogP contribution in [0.2, 0.25) is 0 Å². The summed E-state index contributed by atoms with van der Waals surface area (Å²) in [5, 5.41) is -0.352. The summed E-state index contributed by atoms with van der Waals surface area (Å²) in [5.41, 5.74) is 0.456. The van der Waals surface area contributed by atoms with Crippen LogP contribution in [0.1, 0.15) is 31.2 Å². The highest BCUT2D eigenvalue weighted by Gasteiger charge is 2.18. The Morgan fingerprint density at radius 2 is 1.71 bits per heavy atom. The minimum Gasteiger partial charge on any atom is -0.493 e.